The number of carbonyl (C=O) groups is 2. The van der Waals surface area contributed by atoms with E-state index in [1.807, 2.05) is 6.08 Å². The van der Waals surface area contributed by atoms with E-state index in [0.29, 0.717) is 24.2 Å². The van der Waals surface area contributed by atoms with E-state index >= 15 is 0 Å². The summed E-state index contributed by atoms with van der Waals surface area (Å²) in [6, 6.07) is 0. The molecule has 0 saturated carbocycles. The van der Waals surface area contributed by atoms with E-state index in [1.165, 1.54) is 14.2 Å². The summed E-state index contributed by atoms with van der Waals surface area (Å²) in [7, 11) is 0.869. The molecule has 5 nitrogen and oxygen atoms in total. The highest BCUT2D eigenvalue weighted by molar-refractivity contribution is 7.90. The molecule has 0 aliphatic carbocycles. The Morgan fingerprint density at radius 3 is 2.39 bits per heavy atom. The zero-order valence-electron chi connectivity index (χ0n) is 10.6. The minimum Gasteiger partial charge on any atom is -0.465 e. The summed E-state index contributed by atoms with van der Waals surface area (Å²) in [6.45, 7) is 1.69. The lowest BCUT2D eigenvalue weighted by atomic mass is 10.1. The average Bonchev–Trinajstić information content (AvgIpc) is 2.36. The van der Waals surface area contributed by atoms with Crippen LogP contribution in [0.3, 0.4) is 0 Å². The zero-order valence-corrected chi connectivity index (χ0v) is 11.5. The van der Waals surface area contributed by atoms with E-state index < -0.39 is 22.7 Å². The first-order valence-electron chi connectivity index (χ1n) is 5.49. The molecule has 1 unspecified atom stereocenters. The quantitative estimate of drug-likeness (QED) is 0.703. The Kier molecular flexibility index (Phi) is 5.27. The van der Waals surface area contributed by atoms with Crippen LogP contribution in [0.5, 0.6) is 0 Å². The first-order valence-corrected chi connectivity index (χ1v) is 6.81. The normalized spacial score (nSPS) is 27.5. The van der Waals surface area contributed by atoms with Gasteiger partial charge in [0.25, 0.3) is 0 Å². The molecule has 0 aromatic rings. The van der Waals surface area contributed by atoms with Crippen molar-refractivity contribution in [3.8, 4) is 0 Å². The molecule has 0 aromatic carbocycles. The van der Waals surface area contributed by atoms with Gasteiger partial charge in [-0.1, -0.05) is 6.08 Å². The fraction of sp³-hybridized carbons (Fsp3) is 0.500. The first-order chi connectivity index (χ1) is 8.52. The summed E-state index contributed by atoms with van der Waals surface area (Å²) in [4.78, 5) is 23.4. The van der Waals surface area contributed by atoms with Crippen molar-refractivity contribution in [1.29, 1.82) is 0 Å². The monoisotopic (exact) mass is 272 g/mol. The molecule has 1 aliphatic heterocycles. The summed E-state index contributed by atoms with van der Waals surface area (Å²) >= 11 is 0. The number of carbonyl (C=O) groups excluding carboxylic acids is 2. The number of ether oxygens (including phenoxy) is 2. The second-order valence-electron chi connectivity index (χ2n) is 3.77. The Morgan fingerprint density at radius 2 is 1.83 bits per heavy atom. The number of rotatable bonds is 2. The number of methoxy groups -OCH3 is 2. The predicted octanol–water partition coefficient (Wildman–Crippen LogP) is 1.08. The number of allylic oxidation sites excluding steroid dienone is 1. The molecule has 0 fully saturated rings. The summed E-state index contributed by atoms with van der Waals surface area (Å²) in [5.74, 6) is -1.09. The molecule has 6 heteroatoms. The van der Waals surface area contributed by atoms with Gasteiger partial charge >= 0.3 is 11.9 Å². The SMILES string of the molecule is COC(=O)C1=C(\C(=O)OC)S(=O)CCC/C=C\1C. The van der Waals surface area contributed by atoms with E-state index in [1.54, 1.807) is 6.92 Å². The Labute approximate surface area is 108 Å². The van der Waals surface area contributed by atoms with Gasteiger partial charge in [0.1, 0.15) is 4.91 Å². The number of hydrogen-bond donors (Lipinski definition) is 0. The van der Waals surface area contributed by atoms with Crippen molar-refractivity contribution in [2.75, 3.05) is 20.0 Å². The smallest absolute Gasteiger partial charge is 0.347 e. The first kappa shape index (κ1) is 14.6. The lowest BCUT2D eigenvalue weighted by molar-refractivity contribution is -0.138. The van der Waals surface area contributed by atoms with Gasteiger partial charge in [0.2, 0.25) is 0 Å². The summed E-state index contributed by atoms with van der Waals surface area (Å²) in [5.41, 5.74) is 0.651. The van der Waals surface area contributed by atoms with Gasteiger partial charge in [-0.15, -0.1) is 0 Å². The minimum absolute atomic E-state index is 0.0578. The van der Waals surface area contributed by atoms with E-state index in [9.17, 15) is 13.8 Å². The molecule has 0 saturated heterocycles. The molecule has 1 rings (SSSR count). The second kappa shape index (κ2) is 6.49. The van der Waals surface area contributed by atoms with Crippen molar-refractivity contribution in [3.05, 3.63) is 22.1 Å². The number of esters is 2. The molecule has 0 bridgehead atoms. The zero-order chi connectivity index (χ0) is 13.7. The van der Waals surface area contributed by atoms with Gasteiger partial charge in [0.15, 0.2) is 0 Å². The topological polar surface area (TPSA) is 69.7 Å². The van der Waals surface area contributed by atoms with Crippen molar-refractivity contribution in [2.24, 2.45) is 0 Å². The lowest BCUT2D eigenvalue weighted by Gasteiger charge is -2.15. The molecule has 1 atom stereocenters. The maximum Gasteiger partial charge on any atom is 0.347 e. The molecular weight excluding hydrogens is 256 g/mol. The molecular formula is C12H16O5S. The number of hydrogen-bond acceptors (Lipinski definition) is 5. The highest BCUT2D eigenvalue weighted by Crippen LogP contribution is 2.24. The van der Waals surface area contributed by atoms with Gasteiger partial charge in [-0.3, -0.25) is 4.21 Å². The van der Waals surface area contributed by atoms with Gasteiger partial charge in [0.05, 0.1) is 30.6 Å². The largest absolute Gasteiger partial charge is 0.465 e. The maximum atomic E-state index is 12.1. The third kappa shape index (κ3) is 3.07. The predicted molar refractivity (Wildman–Crippen MR) is 67.1 cm³/mol. The fourth-order valence-corrected chi connectivity index (χ4v) is 3.05. The minimum atomic E-state index is -1.55. The molecule has 100 valence electrons. The van der Waals surface area contributed by atoms with Gasteiger partial charge in [-0.2, -0.15) is 0 Å². The van der Waals surface area contributed by atoms with Gasteiger partial charge in [0, 0.05) is 5.75 Å². The van der Waals surface area contributed by atoms with E-state index in [-0.39, 0.29) is 10.5 Å². The van der Waals surface area contributed by atoms with Crippen molar-refractivity contribution in [3.63, 3.8) is 0 Å². The third-order valence-corrected chi connectivity index (χ3v) is 4.08. The van der Waals surface area contributed by atoms with Crippen molar-refractivity contribution in [2.45, 2.75) is 19.8 Å². The Balaban J connectivity index is 3.46. The van der Waals surface area contributed by atoms with Crippen LogP contribution in [0.15, 0.2) is 22.1 Å². The molecule has 0 amide bonds. The molecule has 1 aliphatic rings. The highest BCUT2D eigenvalue weighted by Gasteiger charge is 2.29. The van der Waals surface area contributed by atoms with Crippen LogP contribution in [0.2, 0.25) is 0 Å². The summed E-state index contributed by atoms with van der Waals surface area (Å²) in [6.07, 6.45) is 3.25. The van der Waals surface area contributed by atoms with E-state index in [2.05, 4.69) is 9.47 Å². The standard InChI is InChI=1S/C12H16O5S/c1-8-6-4-5-7-18(15)10(12(14)17-3)9(8)11(13)16-2/h6H,4-5,7H2,1-3H3/b8-6-,10-9+. The van der Waals surface area contributed by atoms with Crippen molar-refractivity contribution >= 4 is 22.7 Å². The molecule has 18 heavy (non-hydrogen) atoms. The molecule has 1 heterocycles. The summed E-state index contributed by atoms with van der Waals surface area (Å²) < 4.78 is 21.3. The van der Waals surface area contributed by atoms with Crippen LogP contribution in [-0.2, 0) is 29.9 Å². The van der Waals surface area contributed by atoms with Crippen molar-refractivity contribution in [1.82, 2.24) is 0 Å². The molecule has 0 N–H and O–H groups in total. The van der Waals surface area contributed by atoms with Gasteiger partial charge in [-0.25, -0.2) is 9.59 Å². The molecule has 0 radical (unpaired) electrons. The molecule has 0 spiro atoms. The highest BCUT2D eigenvalue weighted by atomic mass is 32.2. The maximum absolute atomic E-state index is 12.1. The van der Waals surface area contributed by atoms with E-state index in [0.717, 1.165) is 0 Å². The Hall–Kier alpha value is -1.43. The van der Waals surface area contributed by atoms with Crippen LogP contribution in [0.4, 0.5) is 0 Å². The van der Waals surface area contributed by atoms with Crippen molar-refractivity contribution < 1.29 is 23.3 Å². The Bertz CT molecular complexity index is 447. The van der Waals surface area contributed by atoms with Gasteiger partial charge < -0.3 is 9.47 Å². The summed E-state index contributed by atoms with van der Waals surface area (Å²) in [5, 5.41) is 0. The van der Waals surface area contributed by atoms with Crippen LogP contribution in [0, 0.1) is 0 Å². The van der Waals surface area contributed by atoms with Crippen LogP contribution in [-0.4, -0.2) is 36.1 Å². The van der Waals surface area contributed by atoms with Crippen LogP contribution in [0.1, 0.15) is 19.8 Å². The van der Waals surface area contributed by atoms with Crippen LogP contribution in [0.25, 0.3) is 0 Å². The molecule has 0 aromatic heterocycles. The fourth-order valence-electron chi connectivity index (χ4n) is 1.67. The third-order valence-electron chi connectivity index (χ3n) is 2.59. The lowest BCUT2D eigenvalue weighted by Crippen LogP contribution is -2.21. The average molecular weight is 272 g/mol. The van der Waals surface area contributed by atoms with Gasteiger partial charge in [-0.05, 0) is 25.3 Å². The second-order valence-corrected chi connectivity index (χ2v) is 5.27. The van der Waals surface area contributed by atoms with Crippen LogP contribution >= 0.6 is 0 Å². The van der Waals surface area contributed by atoms with E-state index in [4.69, 9.17) is 0 Å². The Morgan fingerprint density at radius 1 is 1.22 bits per heavy atom. The van der Waals surface area contributed by atoms with Crippen LogP contribution < -0.4 is 0 Å².